The Balaban J connectivity index is 2.59. The molecule has 1 nitrogen and oxygen atoms in total. The Morgan fingerprint density at radius 3 is 2.23 bits per heavy atom. The molecule has 72 valence electrons. The molecule has 0 radical (unpaired) electrons. The quantitative estimate of drug-likeness (QED) is 0.793. The minimum Gasteiger partial charge on any atom is -0.327 e. The normalized spacial score (nSPS) is 13.3. The molecule has 0 spiro atoms. The van der Waals surface area contributed by atoms with E-state index in [9.17, 15) is 0 Å². The van der Waals surface area contributed by atoms with Crippen molar-refractivity contribution in [1.82, 2.24) is 0 Å². The third-order valence-electron chi connectivity index (χ3n) is 2.24. The lowest BCUT2D eigenvalue weighted by atomic mass is 9.97. The van der Waals surface area contributed by atoms with Crippen LogP contribution in [0.4, 0.5) is 0 Å². The number of nitrogens with two attached hydrogens (primary N) is 1. The molecule has 0 fully saturated rings. The fourth-order valence-electron chi connectivity index (χ4n) is 1.13. The Bertz CT molecular complexity index is 253. The van der Waals surface area contributed by atoms with Gasteiger partial charge >= 0.3 is 0 Å². The van der Waals surface area contributed by atoms with E-state index in [0.717, 1.165) is 11.4 Å². The van der Waals surface area contributed by atoms with Gasteiger partial charge in [0.25, 0.3) is 0 Å². The molecule has 1 unspecified atom stereocenters. The first-order valence-corrected chi connectivity index (χ1v) is 4.97. The van der Waals surface area contributed by atoms with Crippen molar-refractivity contribution in [2.45, 2.75) is 26.3 Å². The van der Waals surface area contributed by atoms with E-state index in [-0.39, 0.29) is 6.04 Å². The van der Waals surface area contributed by atoms with Gasteiger partial charge in [-0.3, -0.25) is 0 Å². The second-order valence-corrected chi connectivity index (χ2v) is 4.17. The van der Waals surface area contributed by atoms with Crippen LogP contribution < -0.4 is 5.73 Å². The second-order valence-electron chi connectivity index (χ2n) is 3.74. The van der Waals surface area contributed by atoms with Gasteiger partial charge in [0.1, 0.15) is 0 Å². The summed E-state index contributed by atoms with van der Waals surface area (Å²) in [6.07, 6.45) is 0.925. The van der Waals surface area contributed by atoms with Crippen LogP contribution in [0.25, 0.3) is 0 Å². The molecule has 1 rings (SSSR count). The van der Waals surface area contributed by atoms with Crippen LogP contribution in [0.2, 0.25) is 5.02 Å². The summed E-state index contributed by atoms with van der Waals surface area (Å²) >= 11 is 5.78. The van der Waals surface area contributed by atoms with Crippen molar-refractivity contribution in [2.75, 3.05) is 0 Å². The van der Waals surface area contributed by atoms with Crippen molar-refractivity contribution < 1.29 is 0 Å². The monoisotopic (exact) mass is 197 g/mol. The van der Waals surface area contributed by atoms with E-state index < -0.39 is 0 Å². The number of halogens is 1. The third-order valence-corrected chi connectivity index (χ3v) is 2.49. The molecule has 0 amide bonds. The van der Waals surface area contributed by atoms with E-state index in [1.54, 1.807) is 0 Å². The van der Waals surface area contributed by atoms with Crippen molar-refractivity contribution in [3.05, 3.63) is 34.9 Å². The molecule has 0 aliphatic rings. The van der Waals surface area contributed by atoms with Gasteiger partial charge in [0.15, 0.2) is 0 Å². The molecule has 1 aromatic rings. The standard InChI is InChI=1S/C11H16ClN/c1-8(2)11(13)7-9-3-5-10(12)6-4-9/h3-6,8,11H,7,13H2,1-2H3. The van der Waals surface area contributed by atoms with E-state index in [4.69, 9.17) is 17.3 Å². The van der Waals surface area contributed by atoms with Crippen LogP contribution in [-0.2, 0) is 6.42 Å². The van der Waals surface area contributed by atoms with Crippen LogP contribution >= 0.6 is 11.6 Å². The Labute approximate surface area is 84.9 Å². The van der Waals surface area contributed by atoms with Gasteiger partial charge in [-0.1, -0.05) is 37.6 Å². The van der Waals surface area contributed by atoms with Gasteiger partial charge in [0, 0.05) is 11.1 Å². The number of benzene rings is 1. The van der Waals surface area contributed by atoms with Crippen LogP contribution in [0.15, 0.2) is 24.3 Å². The molecule has 1 aromatic carbocycles. The van der Waals surface area contributed by atoms with Crippen LogP contribution in [0.3, 0.4) is 0 Å². The molecule has 0 aliphatic heterocycles. The smallest absolute Gasteiger partial charge is 0.0406 e. The molecule has 0 heterocycles. The fraction of sp³-hybridized carbons (Fsp3) is 0.455. The molecular weight excluding hydrogens is 182 g/mol. The molecule has 2 heteroatoms. The summed E-state index contributed by atoms with van der Waals surface area (Å²) in [6, 6.07) is 8.12. The van der Waals surface area contributed by atoms with E-state index in [0.29, 0.717) is 5.92 Å². The van der Waals surface area contributed by atoms with Crippen molar-refractivity contribution in [3.63, 3.8) is 0 Å². The Kier molecular flexibility index (Phi) is 3.76. The van der Waals surface area contributed by atoms with Gasteiger partial charge in [-0.25, -0.2) is 0 Å². The first kappa shape index (κ1) is 10.6. The molecule has 0 aliphatic carbocycles. The van der Waals surface area contributed by atoms with Gasteiger partial charge in [-0.15, -0.1) is 0 Å². The first-order chi connectivity index (χ1) is 6.09. The largest absolute Gasteiger partial charge is 0.327 e. The maximum absolute atomic E-state index is 5.95. The minimum atomic E-state index is 0.237. The number of hydrogen-bond donors (Lipinski definition) is 1. The molecule has 0 bridgehead atoms. The van der Waals surface area contributed by atoms with E-state index in [1.807, 2.05) is 24.3 Å². The molecule has 0 saturated heterocycles. The van der Waals surface area contributed by atoms with Gasteiger partial charge in [-0.2, -0.15) is 0 Å². The summed E-state index contributed by atoms with van der Waals surface area (Å²) in [4.78, 5) is 0. The second kappa shape index (κ2) is 4.64. The summed E-state index contributed by atoms with van der Waals surface area (Å²) in [6.45, 7) is 4.28. The van der Waals surface area contributed by atoms with E-state index >= 15 is 0 Å². The average molecular weight is 198 g/mol. The average Bonchev–Trinajstić information content (AvgIpc) is 2.08. The SMILES string of the molecule is CC(C)C(N)Cc1ccc(Cl)cc1. The number of rotatable bonds is 3. The zero-order valence-corrected chi connectivity index (χ0v) is 8.88. The Morgan fingerprint density at radius 1 is 1.23 bits per heavy atom. The predicted octanol–water partition coefficient (Wildman–Crippen LogP) is 2.87. The summed E-state index contributed by atoms with van der Waals surface area (Å²) < 4.78 is 0. The highest BCUT2D eigenvalue weighted by Gasteiger charge is 2.07. The predicted molar refractivity (Wildman–Crippen MR) is 58.0 cm³/mol. The van der Waals surface area contributed by atoms with Gasteiger partial charge < -0.3 is 5.73 Å². The topological polar surface area (TPSA) is 26.0 Å². The maximum atomic E-state index is 5.95. The van der Waals surface area contributed by atoms with Crippen molar-refractivity contribution in [2.24, 2.45) is 11.7 Å². The molecular formula is C11H16ClN. The zero-order chi connectivity index (χ0) is 9.84. The van der Waals surface area contributed by atoms with E-state index in [2.05, 4.69) is 13.8 Å². The maximum Gasteiger partial charge on any atom is 0.0406 e. The highest BCUT2D eigenvalue weighted by molar-refractivity contribution is 6.30. The summed E-state index contributed by atoms with van der Waals surface area (Å²) in [7, 11) is 0. The highest BCUT2D eigenvalue weighted by Crippen LogP contribution is 2.12. The summed E-state index contributed by atoms with van der Waals surface area (Å²) in [5, 5.41) is 0.780. The summed E-state index contributed by atoms with van der Waals surface area (Å²) in [5.41, 5.74) is 7.21. The summed E-state index contributed by atoms with van der Waals surface area (Å²) in [5.74, 6) is 0.524. The zero-order valence-electron chi connectivity index (χ0n) is 8.13. The van der Waals surface area contributed by atoms with Crippen LogP contribution in [0, 0.1) is 5.92 Å². The van der Waals surface area contributed by atoms with Crippen LogP contribution in [0.5, 0.6) is 0 Å². The first-order valence-electron chi connectivity index (χ1n) is 4.59. The van der Waals surface area contributed by atoms with Crippen LogP contribution in [-0.4, -0.2) is 6.04 Å². The Hall–Kier alpha value is -0.530. The fourth-order valence-corrected chi connectivity index (χ4v) is 1.25. The molecule has 0 saturated carbocycles. The molecule has 13 heavy (non-hydrogen) atoms. The Morgan fingerprint density at radius 2 is 1.77 bits per heavy atom. The highest BCUT2D eigenvalue weighted by atomic mass is 35.5. The van der Waals surface area contributed by atoms with Crippen LogP contribution in [0.1, 0.15) is 19.4 Å². The van der Waals surface area contributed by atoms with Gasteiger partial charge in [0.05, 0.1) is 0 Å². The van der Waals surface area contributed by atoms with Crippen molar-refractivity contribution in [3.8, 4) is 0 Å². The molecule has 0 aromatic heterocycles. The lowest BCUT2D eigenvalue weighted by Gasteiger charge is -2.15. The van der Waals surface area contributed by atoms with Crippen molar-refractivity contribution >= 4 is 11.6 Å². The number of hydrogen-bond acceptors (Lipinski definition) is 1. The van der Waals surface area contributed by atoms with Gasteiger partial charge in [0.2, 0.25) is 0 Å². The lowest BCUT2D eigenvalue weighted by Crippen LogP contribution is -2.28. The van der Waals surface area contributed by atoms with E-state index in [1.165, 1.54) is 5.56 Å². The van der Waals surface area contributed by atoms with Gasteiger partial charge in [-0.05, 0) is 30.0 Å². The molecule has 1 atom stereocenters. The lowest BCUT2D eigenvalue weighted by molar-refractivity contribution is 0.490. The minimum absolute atomic E-state index is 0.237. The molecule has 2 N–H and O–H groups in total. The third kappa shape index (κ3) is 3.37. The van der Waals surface area contributed by atoms with Crippen molar-refractivity contribution in [1.29, 1.82) is 0 Å².